The molecule has 0 aliphatic rings. The Balaban J connectivity index is 1.75. The molecule has 1 heterocycles. The number of hydrogen-bond donors (Lipinski definition) is 1. The molecule has 4 nitrogen and oxygen atoms in total. The molecule has 0 saturated carbocycles. The van der Waals surface area contributed by atoms with Gasteiger partial charge in [0.15, 0.2) is 5.60 Å². The molecule has 1 aromatic heterocycles. The van der Waals surface area contributed by atoms with Gasteiger partial charge in [-0.2, -0.15) is 13.2 Å². The Morgan fingerprint density at radius 2 is 1.68 bits per heavy atom. The van der Waals surface area contributed by atoms with E-state index < -0.39 is 23.2 Å². The summed E-state index contributed by atoms with van der Waals surface area (Å²) >= 11 is 6.03. The summed E-state index contributed by atoms with van der Waals surface area (Å²) in [5.41, 5.74) is -0.226. The lowest BCUT2D eigenvalue weighted by molar-refractivity contribution is -0.138. The van der Waals surface area contributed by atoms with Gasteiger partial charge in [-0.15, -0.1) is 0 Å². The van der Waals surface area contributed by atoms with Crippen molar-refractivity contribution in [3.63, 3.8) is 0 Å². The van der Waals surface area contributed by atoms with Gasteiger partial charge in [0, 0.05) is 29.7 Å². The highest BCUT2D eigenvalue weighted by Crippen LogP contribution is 2.34. The van der Waals surface area contributed by atoms with E-state index in [2.05, 4.69) is 17.2 Å². The number of alkyl halides is 3. The average molecular weight is 491 g/mol. The Hall–Kier alpha value is -3.06. The van der Waals surface area contributed by atoms with Gasteiger partial charge in [0.25, 0.3) is 5.91 Å². The molecule has 180 valence electrons. The summed E-state index contributed by atoms with van der Waals surface area (Å²) in [6.45, 7) is 5.35. The van der Waals surface area contributed by atoms with E-state index in [9.17, 15) is 18.0 Å². The molecule has 0 saturated heterocycles. The van der Waals surface area contributed by atoms with E-state index in [-0.39, 0.29) is 17.7 Å². The molecular formula is C26H26ClF3N2O2. The van der Waals surface area contributed by atoms with Gasteiger partial charge in [-0.1, -0.05) is 61.0 Å². The molecule has 8 heteroatoms. The molecule has 0 spiro atoms. The number of nitrogens with one attached hydrogen (secondary N) is 1. The van der Waals surface area contributed by atoms with Crippen LogP contribution >= 0.6 is 11.6 Å². The zero-order valence-electron chi connectivity index (χ0n) is 19.1. The number of hydrogen-bond acceptors (Lipinski definition) is 3. The first-order valence-corrected chi connectivity index (χ1v) is 11.2. The number of ether oxygens (including phenoxy) is 1. The molecule has 2 unspecified atom stereocenters. The third-order valence-electron chi connectivity index (χ3n) is 5.68. The average Bonchev–Trinajstić information content (AvgIpc) is 2.79. The van der Waals surface area contributed by atoms with E-state index in [1.807, 2.05) is 54.6 Å². The zero-order chi connectivity index (χ0) is 24.9. The lowest BCUT2D eigenvalue weighted by Crippen LogP contribution is -2.48. The highest BCUT2D eigenvalue weighted by molar-refractivity contribution is 6.30. The van der Waals surface area contributed by atoms with Crippen LogP contribution in [0, 0.1) is 0 Å². The Kier molecular flexibility index (Phi) is 7.87. The van der Waals surface area contributed by atoms with Crippen LogP contribution in [0.2, 0.25) is 5.02 Å². The molecule has 0 aliphatic carbocycles. The number of aromatic nitrogens is 1. The van der Waals surface area contributed by atoms with Crippen LogP contribution in [0.1, 0.15) is 49.3 Å². The summed E-state index contributed by atoms with van der Waals surface area (Å²) in [7, 11) is 0. The monoisotopic (exact) mass is 490 g/mol. The molecule has 3 aromatic rings. The normalized spacial score (nSPS) is 13.7. The summed E-state index contributed by atoms with van der Waals surface area (Å²) in [5, 5.41) is 3.55. The third kappa shape index (κ3) is 6.50. The van der Waals surface area contributed by atoms with Crippen molar-refractivity contribution in [3.8, 4) is 5.88 Å². The van der Waals surface area contributed by atoms with Crippen molar-refractivity contribution in [1.29, 1.82) is 0 Å². The molecule has 2 aromatic carbocycles. The molecule has 1 N–H and O–H groups in total. The van der Waals surface area contributed by atoms with Crippen LogP contribution in [0.15, 0.2) is 72.9 Å². The van der Waals surface area contributed by atoms with Gasteiger partial charge in [0.1, 0.15) is 0 Å². The minimum Gasteiger partial charge on any atom is -0.462 e. The first-order chi connectivity index (χ1) is 16.0. The maximum Gasteiger partial charge on any atom is 0.416 e. The maximum absolute atomic E-state index is 13.0. The van der Waals surface area contributed by atoms with Crippen molar-refractivity contribution in [2.75, 3.05) is 6.54 Å². The molecule has 1 amide bonds. The topological polar surface area (TPSA) is 51.2 Å². The van der Waals surface area contributed by atoms with Crippen LogP contribution < -0.4 is 10.1 Å². The lowest BCUT2D eigenvalue weighted by atomic mass is 9.82. The Labute approximate surface area is 202 Å². The lowest BCUT2D eigenvalue weighted by Gasteiger charge is -2.29. The van der Waals surface area contributed by atoms with Gasteiger partial charge in [0.2, 0.25) is 5.88 Å². The minimum absolute atomic E-state index is 0.0501. The number of halogens is 4. The maximum atomic E-state index is 13.0. The van der Waals surface area contributed by atoms with Crippen molar-refractivity contribution in [3.05, 3.63) is 94.6 Å². The van der Waals surface area contributed by atoms with Gasteiger partial charge in [-0.25, -0.2) is 4.98 Å². The van der Waals surface area contributed by atoms with Gasteiger partial charge in [0.05, 0.1) is 5.56 Å². The number of amides is 1. The second kappa shape index (κ2) is 10.5. The number of benzene rings is 2. The van der Waals surface area contributed by atoms with E-state index in [0.29, 0.717) is 11.6 Å². The molecule has 2 atom stereocenters. The fourth-order valence-electron chi connectivity index (χ4n) is 3.65. The standard InChI is InChI=1S/C26H26ClF3N2O2/c1-17(18-9-11-21(27)12-10-18)22(19-7-5-4-6-8-19)16-32-24(33)25(2,3)34-23-15-20(13-14-31-23)26(28,29)30/h4-15,17,22H,16H2,1-3H3,(H,32,33). The largest absolute Gasteiger partial charge is 0.462 e. The van der Waals surface area contributed by atoms with Crippen molar-refractivity contribution < 1.29 is 22.7 Å². The van der Waals surface area contributed by atoms with Gasteiger partial charge < -0.3 is 10.1 Å². The van der Waals surface area contributed by atoms with Crippen LogP contribution in [0.5, 0.6) is 5.88 Å². The molecular weight excluding hydrogens is 465 g/mol. The Bertz CT molecular complexity index is 1100. The minimum atomic E-state index is -4.53. The van der Waals surface area contributed by atoms with E-state index in [4.69, 9.17) is 16.3 Å². The zero-order valence-corrected chi connectivity index (χ0v) is 19.8. The molecule has 0 aliphatic heterocycles. The quantitative estimate of drug-likeness (QED) is 0.386. The number of carbonyl (C=O) groups is 1. The van der Waals surface area contributed by atoms with Gasteiger partial charge in [-0.3, -0.25) is 4.79 Å². The number of carbonyl (C=O) groups excluding carboxylic acids is 1. The van der Waals surface area contributed by atoms with Crippen LogP contribution in [-0.4, -0.2) is 23.0 Å². The predicted octanol–water partition coefficient (Wildman–Crippen LogP) is 6.61. The van der Waals surface area contributed by atoms with E-state index in [1.54, 1.807) is 0 Å². The number of pyridine rings is 1. The molecule has 0 radical (unpaired) electrons. The fraction of sp³-hybridized carbons (Fsp3) is 0.308. The molecule has 0 fully saturated rings. The SMILES string of the molecule is CC(c1ccc(Cl)cc1)C(CNC(=O)C(C)(C)Oc1cc(C(F)(F)F)ccn1)c1ccccc1. The Morgan fingerprint density at radius 1 is 1.03 bits per heavy atom. The van der Waals surface area contributed by atoms with E-state index >= 15 is 0 Å². The van der Waals surface area contributed by atoms with Gasteiger partial charge >= 0.3 is 6.18 Å². The first-order valence-electron chi connectivity index (χ1n) is 10.8. The summed E-state index contributed by atoms with van der Waals surface area (Å²) in [6, 6.07) is 19.0. The summed E-state index contributed by atoms with van der Waals surface area (Å²) < 4.78 is 44.6. The van der Waals surface area contributed by atoms with Crippen LogP contribution in [0.4, 0.5) is 13.2 Å². The van der Waals surface area contributed by atoms with Crippen LogP contribution in [0.3, 0.4) is 0 Å². The molecule has 34 heavy (non-hydrogen) atoms. The first kappa shape index (κ1) is 25.6. The number of nitrogens with zero attached hydrogens (tertiary/aromatic N) is 1. The fourth-order valence-corrected chi connectivity index (χ4v) is 3.77. The highest BCUT2D eigenvalue weighted by Gasteiger charge is 2.34. The smallest absolute Gasteiger partial charge is 0.416 e. The molecule has 3 rings (SSSR count). The van der Waals surface area contributed by atoms with Gasteiger partial charge in [-0.05, 0) is 49.1 Å². The molecule has 0 bridgehead atoms. The second-order valence-electron chi connectivity index (χ2n) is 8.56. The second-order valence-corrected chi connectivity index (χ2v) is 9.00. The summed E-state index contributed by atoms with van der Waals surface area (Å²) in [5.74, 6) is -0.747. The van der Waals surface area contributed by atoms with Crippen molar-refractivity contribution in [2.24, 2.45) is 0 Å². The summed E-state index contributed by atoms with van der Waals surface area (Å²) in [6.07, 6.45) is -3.53. The number of rotatable bonds is 8. The summed E-state index contributed by atoms with van der Waals surface area (Å²) in [4.78, 5) is 16.8. The third-order valence-corrected chi connectivity index (χ3v) is 5.93. The van der Waals surface area contributed by atoms with Crippen molar-refractivity contribution in [2.45, 2.75) is 44.4 Å². The van der Waals surface area contributed by atoms with E-state index in [1.165, 1.54) is 13.8 Å². The van der Waals surface area contributed by atoms with Crippen molar-refractivity contribution in [1.82, 2.24) is 10.3 Å². The van der Waals surface area contributed by atoms with Crippen molar-refractivity contribution >= 4 is 17.5 Å². The van der Waals surface area contributed by atoms with E-state index in [0.717, 1.165) is 29.5 Å². The highest BCUT2D eigenvalue weighted by atomic mass is 35.5. The Morgan fingerprint density at radius 3 is 2.29 bits per heavy atom. The van der Waals surface area contributed by atoms with Crippen LogP contribution in [0.25, 0.3) is 0 Å². The van der Waals surface area contributed by atoms with Crippen LogP contribution in [-0.2, 0) is 11.0 Å². The predicted molar refractivity (Wildman–Crippen MR) is 126 cm³/mol.